The van der Waals surface area contributed by atoms with Gasteiger partial charge in [0, 0.05) is 13.4 Å². The van der Waals surface area contributed by atoms with E-state index in [2.05, 4.69) is 52.5 Å². The number of para-hydroxylation sites is 1. The highest BCUT2D eigenvalue weighted by molar-refractivity contribution is 9.11. The van der Waals surface area contributed by atoms with Gasteiger partial charge in [0.1, 0.15) is 0 Å². The lowest BCUT2D eigenvalue weighted by Gasteiger charge is -2.13. The van der Waals surface area contributed by atoms with Crippen molar-refractivity contribution in [3.8, 4) is 0 Å². The SMILES string of the molecule is Cc1ccc(Br)cc1S(=O)(=O)Nc1c(Br)cccc1Br. The molecular formula is C13H10Br3NO2S. The molecule has 0 heterocycles. The topological polar surface area (TPSA) is 46.2 Å². The van der Waals surface area contributed by atoms with Crippen molar-refractivity contribution >= 4 is 63.5 Å². The van der Waals surface area contributed by atoms with E-state index in [0.29, 0.717) is 20.2 Å². The van der Waals surface area contributed by atoms with Gasteiger partial charge in [0.25, 0.3) is 10.0 Å². The predicted molar refractivity (Wildman–Crippen MR) is 91.5 cm³/mol. The Bertz CT molecular complexity index is 740. The quantitative estimate of drug-likeness (QED) is 0.661. The molecule has 106 valence electrons. The second kappa shape index (κ2) is 6.17. The molecule has 0 aliphatic heterocycles. The summed E-state index contributed by atoms with van der Waals surface area (Å²) in [6.07, 6.45) is 0. The Morgan fingerprint density at radius 2 is 1.60 bits per heavy atom. The van der Waals surface area contributed by atoms with E-state index in [4.69, 9.17) is 0 Å². The minimum atomic E-state index is -3.65. The van der Waals surface area contributed by atoms with E-state index in [1.165, 1.54) is 0 Å². The smallest absolute Gasteiger partial charge is 0.262 e. The van der Waals surface area contributed by atoms with Gasteiger partial charge in [-0.2, -0.15) is 0 Å². The zero-order chi connectivity index (χ0) is 14.9. The summed E-state index contributed by atoms with van der Waals surface area (Å²) in [6, 6.07) is 10.5. The van der Waals surface area contributed by atoms with Gasteiger partial charge in [-0.15, -0.1) is 0 Å². The van der Waals surface area contributed by atoms with Crippen LogP contribution in [0.1, 0.15) is 5.56 Å². The highest BCUT2D eigenvalue weighted by Crippen LogP contribution is 2.33. The molecule has 2 aromatic carbocycles. The molecular weight excluding hydrogens is 474 g/mol. The Labute approximate surface area is 143 Å². The van der Waals surface area contributed by atoms with E-state index in [1.807, 2.05) is 12.1 Å². The number of sulfonamides is 1. The Hall–Kier alpha value is -0.370. The van der Waals surface area contributed by atoms with Crippen molar-refractivity contribution in [2.24, 2.45) is 0 Å². The van der Waals surface area contributed by atoms with Crippen molar-refractivity contribution < 1.29 is 8.42 Å². The fourth-order valence-corrected chi connectivity index (χ4v) is 4.99. The van der Waals surface area contributed by atoms with Crippen LogP contribution < -0.4 is 4.72 Å². The van der Waals surface area contributed by atoms with Gasteiger partial charge in [-0.1, -0.05) is 28.1 Å². The van der Waals surface area contributed by atoms with Crippen molar-refractivity contribution in [3.05, 3.63) is 55.4 Å². The number of benzene rings is 2. The number of halogens is 3. The lowest BCUT2D eigenvalue weighted by molar-refractivity contribution is 0.600. The van der Waals surface area contributed by atoms with Crippen molar-refractivity contribution in [2.75, 3.05) is 4.72 Å². The van der Waals surface area contributed by atoms with Crippen LogP contribution in [-0.2, 0) is 10.0 Å². The third-order valence-electron chi connectivity index (χ3n) is 2.64. The van der Waals surface area contributed by atoms with Gasteiger partial charge in [0.05, 0.1) is 10.6 Å². The summed E-state index contributed by atoms with van der Waals surface area (Å²) in [5.74, 6) is 0. The van der Waals surface area contributed by atoms with Gasteiger partial charge in [0.15, 0.2) is 0 Å². The molecule has 0 atom stereocenters. The van der Waals surface area contributed by atoms with Crippen molar-refractivity contribution in [2.45, 2.75) is 11.8 Å². The maximum atomic E-state index is 12.5. The number of hydrogen-bond donors (Lipinski definition) is 1. The standard InChI is InChI=1S/C13H10Br3NO2S/c1-8-5-6-9(14)7-12(8)20(18,19)17-13-10(15)3-2-4-11(13)16/h2-7,17H,1H3. The van der Waals surface area contributed by atoms with Crippen LogP contribution in [0.5, 0.6) is 0 Å². The predicted octanol–water partition coefficient (Wildman–Crippen LogP) is 5.08. The molecule has 0 aliphatic carbocycles. The number of hydrogen-bond acceptors (Lipinski definition) is 2. The molecule has 0 fully saturated rings. The van der Waals surface area contributed by atoms with Crippen LogP contribution in [0.3, 0.4) is 0 Å². The van der Waals surface area contributed by atoms with E-state index >= 15 is 0 Å². The summed E-state index contributed by atoms with van der Waals surface area (Å²) in [5.41, 5.74) is 1.16. The summed E-state index contributed by atoms with van der Waals surface area (Å²) in [7, 11) is -3.65. The summed E-state index contributed by atoms with van der Waals surface area (Å²) >= 11 is 9.97. The van der Waals surface area contributed by atoms with E-state index in [1.54, 1.807) is 31.2 Å². The Morgan fingerprint density at radius 1 is 1.00 bits per heavy atom. The molecule has 2 rings (SSSR count). The molecule has 0 bridgehead atoms. The molecule has 2 aromatic rings. The first-order valence-corrected chi connectivity index (χ1v) is 9.40. The lowest BCUT2D eigenvalue weighted by Crippen LogP contribution is -2.15. The third-order valence-corrected chi connectivity index (χ3v) is 5.95. The highest BCUT2D eigenvalue weighted by atomic mass is 79.9. The molecule has 0 unspecified atom stereocenters. The summed E-state index contributed by atoms with van der Waals surface area (Å²) in [6.45, 7) is 1.76. The molecule has 1 N–H and O–H groups in total. The second-order valence-electron chi connectivity index (χ2n) is 4.11. The maximum Gasteiger partial charge on any atom is 0.262 e. The molecule has 7 heteroatoms. The first-order valence-electron chi connectivity index (χ1n) is 5.54. The minimum Gasteiger partial charge on any atom is -0.277 e. The van der Waals surface area contributed by atoms with Gasteiger partial charge >= 0.3 is 0 Å². The molecule has 0 radical (unpaired) electrons. The van der Waals surface area contributed by atoms with Gasteiger partial charge in [-0.25, -0.2) is 8.42 Å². The number of aryl methyl sites for hydroxylation is 1. The molecule has 3 nitrogen and oxygen atoms in total. The van der Waals surface area contributed by atoms with Gasteiger partial charge < -0.3 is 0 Å². The van der Waals surface area contributed by atoms with Crippen LogP contribution in [-0.4, -0.2) is 8.42 Å². The number of nitrogens with one attached hydrogen (secondary N) is 1. The van der Waals surface area contributed by atoms with Crippen molar-refractivity contribution in [1.29, 1.82) is 0 Å². The monoisotopic (exact) mass is 481 g/mol. The lowest BCUT2D eigenvalue weighted by atomic mass is 10.2. The fraction of sp³-hybridized carbons (Fsp3) is 0.0769. The van der Waals surface area contributed by atoms with Crippen molar-refractivity contribution in [1.82, 2.24) is 0 Å². The summed E-state index contributed by atoms with van der Waals surface area (Å²) < 4.78 is 29.7. The van der Waals surface area contributed by atoms with E-state index in [9.17, 15) is 8.42 Å². The number of anilines is 1. The van der Waals surface area contributed by atoms with Crippen LogP contribution in [0.15, 0.2) is 54.7 Å². The molecule has 0 amide bonds. The van der Waals surface area contributed by atoms with Crippen molar-refractivity contribution in [3.63, 3.8) is 0 Å². The van der Waals surface area contributed by atoms with Crippen LogP contribution >= 0.6 is 47.8 Å². The molecule has 0 saturated heterocycles. The maximum absolute atomic E-state index is 12.5. The Kier molecular flexibility index (Phi) is 4.94. The summed E-state index contributed by atoms with van der Waals surface area (Å²) in [4.78, 5) is 0.245. The average Bonchev–Trinajstić information content (AvgIpc) is 2.37. The van der Waals surface area contributed by atoms with Gasteiger partial charge in [0.2, 0.25) is 0 Å². The zero-order valence-electron chi connectivity index (χ0n) is 10.3. The van der Waals surface area contributed by atoms with Crippen LogP contribution in [0.2, 0.25) is 0 Å². The van der Waals surface area contributed by atoms with Crippen LogP contribution in [0.4, 0.5) is 5.69 Å². The molecule has 0 aliphatic rings. The fourth-order valence-electron chi connectivity index (χ4n) is 1.65. The number of rotatable bonds is 3. The third kappa shape index (κ3) is 3.44. The molecule has 0 saturated carbocycles. The molecule has 20 heavy (non-hydrogen) atoms. The molecule has 0 aromatic heterocycles. The van der Waals surface area contributed by atoms with E-state index < -0.39 is 10.0 Å². The van der Waals surface area contributed by atoms with E-state index in [-0.39, 0.29) is 4.90 Å². The Balaban J connectivity index is 2.49. The Morgan fingerprint density at radius 3 is 2.20 bits per heavy atom. The molecule has 0 spiro atoms. The van der Waals surface area contributed by atoms with E-state index in [0.717, 1.165) is 4.47 Å². The average molecular weight is 484 g/mol. The van der Waals surface area contributed by atoms with Gasteiger partial charge in [-0.05, 0) is 68.6 Å². The zero-order valence-corrected chi connectivity index (χ0v) is 15.9. The van der Waals surface area contributed by atoms with Crippen LogP contribution in [0.25, 0.3) is 0 Å². The minimum absolute atomic E-state index is 0.245. The first-order chi connectivity index (χ1) is 9.31. The summed E-state index contributed by atoms with van der Waals surface area (Å²) in [5, 5.41) is 0. The first kappa shape index (κ1) is 16.0. The highest BCUT2D eigenvalue weighted by Gasteiger charge is 2.19. The normalized spacial score (nSPS) is 11.4. The van der Waals surface area contributed by atoms with Crippen LogP contribution in [0, 0.1) is 6.92 Å². The largest absolute Gasteiger partial charge is 0.277 e. The van der Waals surface area contributed by atoms with Gasteiger partial charge in [-0.3, -0.25) is 4.72 Å². The second-order valence-corrected chi connectivity index (χ2v) is 8.39.